The highest BCUT2D eigenvalue weighted by atomic mass is 32.2. The van der Waals surface area contributed by atoms with Gasteiger partial charge in [0.05, 0.1) is 11.4 Å². The highest BCUT2D eigenvalue weighted by molar-refractivity contribution is 7.89. The number of hydrogen-bond donors (Lipinski definition) is 3. The second-order valence-corrected chi connectivity index (χ2v) is 7.79. The first-order valence-corrected chi connectivity index (χ1v) is 9.87. The number of sulfonamides is 1. The van der Waals surface area contributed by atoms with Crippen LogP contribution < -0.4 is 10.0 Å². The maximum Gasteiger partial charge on any atom is 0.244 e. The van der Waals surface area contributed by atoms with Gasteiger partial charge in [-0.1, -0.05) is 0 Å². The smallest absolute Gasteiger partial charge is 0.244 e. The van der Waals surface area contributed by atoms with Crippen molar-refractivity contribution in [2.75, 3.05) is 18.4 Å². The lowest BCUT2D eigenvalue weighted by atomic mass is 10.4. The van der Waals surface area contributed by atoms with E-state index in [0.29, 0.717) is 35.4 Å². The molecule has 144 valence electrons. The maximum atomic E-state index is 12.4. The van der Waals surface area contributed by atoms with Crippen LogP contribution in [0, 0.1) is 27.7 Å². The molecule has 0 aliphatic carbocycles. The summed E-state index contributed by atoms with van der Waals surface area (Å²) in [5.74, 6) is 2.73. The molecule has 0 aromatic carbocycles. The molecule has 0 spiro atoms. The van der Waals surface area contributed by atoms with Crippen LogP contribution in [0.4, 0.5) is 5.82 Å². The monoisotopic (exact) mass is 390 g/mol. The third-order valence-corrected chi connectivity index (χ3v) is 5.67. The molecule has 10 nitrogen and oxygen atoms in total. The van der Waals surface area contributed by atoms with E-state index in [9.17, 15) is 8.42 Å². The average molecular weight is 390 g/mol. The summed E-state index contributed by atoms with van der Waals surface area (Å²) in [5.41, 5.74) is 0.958. The van der Waals surface area contributed by atoms with Gasteiger partial charge in [-0.15, -0.1) is 0 Å². The van der Waals surface area contributed by atoms with Gasteiger partial charge in [-0.25, -0.2) is 28.1 Å². The van der Waals surface area contributed by atoms with Gasteiger partial charge < -0.3 is 5.32 Å². The number of anilines is 1. The molecule has 3 heterocycles. The molecule has 11 heteroatoms. The van der Waals surface area contributed by atoms with Crippen LogP contribution in [0.1, 0.15) is 23.0 Å². The van der Waals surface area contributed by atoms with Crippen LogP contribution in [-0.4, -0.2) is 51.2 Å². The van der Waals surface area contributed by atoms with Crippen LogP contribution in [0.2, 0.25) is 0 Å². The Bertz CT molecular complexity index is 1030. The average Bonchev–Trinajstić information content (AvgIpc) is 3.17. The van der Waals surface area contributed by atoms with E-state index in [1.54, 1.807) is 33.0 Å². The molecular weight excluding hydrogens is 368 g/mol. The third-order valence-electron chi connectivity index (χ3n) is 3.95. The highest BCUT2D eigenvalue weighted by Gasteiger charge is 2.21. The number of aromatic nitrogens is 6. The summed E-state index contributed by atoms with van der Waals surface area (Å²) in [4.78, 5) is 13.1. The normalized spacial score (nSPS) is 11.7. The quantitative estimate of drug-likeness (QED) is 0.513. The number of hydrogen-bond acceptors (Lipinski definition) is 7. The summed E-state index contributed by atoms with van der Waals surface area (Å²) in [5, 5.41) is 9.72. The number of nitrogens with zero attached hydrogens (tertiary/aromatic N) is 5. The molecule has 0 bridgehead atoms. The largest absolute Gasteiger partial charge is 0.369 e. The number of aromatic amines is 1. The molecule has 3 rings (SSSR count). The van der Waals surface area contributed by atoms with Crippen molar-refractivity contribution in [2.45, 2.75) is 32.6 Å². The molecule has 0 radical (unpaired) electrons. The molecular formula is C16H22N8O2S. The zero-order valence-electron chi connectivity index (χ0n) is 15.6. The highest BCUT2D eigenvalue weighted by Crippen LogP contribution is 2.16. The second-order valence-electron chi connectivity index (χ2n) is 6.09. The minimum absolute atomic E-state index is 0.193. The molecule has 27 heavy (non-hydrogen) atoms. The first-order chi connectivity index (χ1) is 12.8. The van der Waals surface area contributed by atoms with E-state index < -0.39 is 10.0 Å². The van der Waals surface area contributed by atoms with E-state index in [1.807, 2.05) is 17.7 Å². The molecule has 0 aliphatic rings. The Morgan fingerprint density at radius 2 is 1.93 bits per heavy atom. The Balaban J connectivity index is 1.64. The molecule has 0 unspecified atom stereocenters. The zero-order chi connectivity index (χ0) is 19.6. The Morgan fingerprint density at radius 1 is 1.15 bits per heavy atom. The van der Waals surface area contributed by atoms with Crippen LogP contribution in [-0.2, 0) is 10.0 Å². The number of nitrogens with one attached hydrogen (secondary N) is 3. The summed E-state index contributed by atoms with van der Waals surface area (Å²) in [6.07, 6.45) is 3.53. The van der Waals surface area contributed by atoms with E-state index in [0.717, 1.165) is 5.82 Å². The molecule has 0 aliphatic heterocycles. The zero-order valence-corrected chi connectivity index (χ0v) is 16.4. The van der Waals surface area contributed by atoms with Crippen LogP contribution in [0.25, 0.3) is 5.82 Å². The lowest BCUT2D eigenvalue weighted by Gasteiger charge is -2.11. The fraction of sp³-hybridized carbons (Fsp3) is 0.375. The number of rotatable bonds is 7. The summed E-state index contributed by atoms with van der Waals surface area (Å²) in [6.45, 7) is 7.59. The van der Waals surface area contributed by atoms with Crippen LogP contribution in [0.5, 0.6) is 0 Å². The van der Waals surface area contributed by atoms with Gasteiger partial charge in [0.1, 0.15) is 28.2 Å². The van der Waals surface area contributed by atoms with Crippen molar-refractivity contribution in [2.24, 2.45) is 0 Å². The Hall–Kier alpha value is -2.79. The summed E-state index contributed by atoms with van der Waals surface area (Å²) >= 11 is 0. The van der Waals surface area contributed by atoms with Crippen LogP contribution >= 0.6 is 0 Å². The maximum absolute atomic E-state index is 12.4. The van der Waals surface area contributed by atoms with E-state index >= 15 is 0 Å². The third kappa shape index (κ3) is 4.14. The van der Waals surface area contributed by atoms with Crippen LogP contribution in [0.15, 0.2) is 23.4 Å². The van der Waals surface area contributed by atoms with E-state index in [-0.39, 0.29) is 11.4 Å². The Labute approximate surface area is 157 Å². The van der Waals surface area contributed by atoms with Gasteiger partial charge in [0.15, 0.2) is 0 Å². The van der Waals surface area contributed by atoms with Crippen molar-refractivity contribution in [3.8, 4) is 5.82 Å². The molecule has 0 amide bonds. The minimum Gasteiger partial charge on any atom is -0.369 e. The molecule has 0 atom stereocenters. The van der Waals surface area contributed by atoms with Crippen LogP contribution in [0.3, 0.4) is 0 Å². The molecule has 3 N–H and O–H groups in total. The minimum atomic E-state index is -3.62. The summed E-state index contributed by atoms with van der Waals surface area (Å²) in [7, 11) is -3.62. The fourth-order valence-electron chi connectivity index (χ4n) is 2.77. The fourth-order valence-corrected chi connectivity index (χ4v) is 4.17. The second kappa shape index (κ2) is 7.45. The van der Waals surface area contributed by atoms with Crippen molar-refractivity contribution in [1.29, 1.82) is 0 Å². The first-order valence-electron chi connectivity index (χ1n) is 8.39. The Morgan fingerprint density at radius 3 is 2.56 bits per heavy atom. The molecule has 0 saturated heterocycles. The predicted octanol–water partition coefficient (Wildman–Crippen LogP) is 1.01. The van der Waals surface area contributed by atoms with Gasteiger partial charge in [0.2, 0.25) is 10.0 Å². The number of H-pyrrole nitrogens is 1. The summed E-state index contributed by atoms with van der Waals surface area (Å²) < 4.78 is 29.2. The summed E-state index contributed by atoms with van der Waals surface area (Å²) in [6, 6.07) is 1.79. The first kappa shape index (κ1) is 19.0. The van der Waals surface area contributed by atoms with Crippen molar-refractivity contribution < 1.29 is 8.42 Å². The van der Waals surface area contributed by atoms with Gasteiger partial charge in [-0.2, -0.15) is 5.10 Å². The van der Waals surface area contributed by atoms with Crippen molar-refractivity contribution in [3.63, 3.8) is 0 Å². The number of aryl methyl sites for hydroxylation is 4. The topological polar surface area (TPSA) is 130 Å². The van der Waals surface area contributed by atoms with E-state index in [2.05, 4.69) is 35.2 Å². The standard InChI is InChI=1S/C16H22N8O2S/c1-10-16(11(2)23-22-10)27(25,26)19-6-5-18-14-9-15(21-12(3)20-14)24-8-7-17-13(24)4/h7-9,19H,5-6H2,1-4H3,(H,22,23)(H,18,20,21). The van der Waals surface area contributed by atoms with Gasteiger partial charge in [0, 0.05) is 31.5 Å². The lowest BCUT2D eigenvalue weighted by molar-refractivity contribution is 0.581. The molecule has 0 fully saturated rings. The van der Waals surface area contributed by atoms with Crippen molar-refractivity contribution in [3.05, 3.63) is 41.5 Å². The number of imidazole rings is 1. The van der Waals surface area contributed by atoms with Gasteiger partial charge in [0.25, 0.3) is 0 Å². The van der Waals surface area contributed by atoms with E-state index in [1.165, 1.54) is 0 Å². The SMILES string of the molecule is Cc1nc(NCCNS(=O)(=O)c2c(C)n[nH]c2C)cc(-n2ccnc2C)n1. The lowest BCUT2D eigenvalue weighted by Crippen LogP contribution is -2.29. The van der Waals surface area contributed by atoms with Gasteiger partial charge >= 0.3 is 0 Å². The van der Waals surface area contributed by atoms with E-state index in [4.69, 9.17) is 0 Å². The molecule has 3 aromatic rings. The van der Waals surface area contributed by atoms with Gasteiger partial charge in [-0.3, -0.25) is 9.67 Å². The van der Waals surface area contributed by atoms with Crippen molar-refractivity contribution >= 4 is 15.8 Å². The Kier molecular flexibility index (Phi) is 5.24. The van der Waals surface area contributed by atoms with Crippen molar-refractivity contribution in [1.82, 2.24) is 34.4 Å². The molecule has 0 saturated carbocycles. The molecule has 3 aromatic heterocycles. The van der Waals surface area contributed by atoms with Gasteiger partial charge in [-0.05, 0) is 27.7 Å². The predicted molar refractivity (Wildman–Crippen MR) is 100 cm³/mol.